The number of hydrogen-bond donors (Lipinski definition) is 1. The van der Waals surface area contributed by atoms with E-state index in [0.717, 1.165) is 38.5 Å². The van der Waals surface area contributed by atoms with Crippen molar-refractivity contribution in [2.24, 2.45) is 5.41 Å². The molecule has 2 heterocycles. The fourth-order valence-electron chi connectivity index (χ4n) is 5.21. The van der Waals surface area contributed by atoms with Crippen LogP contribution in [0.1, 0.15) is 52.4 Å². The van der Waals surface area contributed by atoms with E-state index in [9.17, 15) is 9.50 Å². The number of aromatic hydroxyl groups is 1. The van der Waals surface area contributed by atoms with Gasteiger partial charge in [-0.15, -0.1) is 22.0 Å². The van der Waals surface area contributed by atoms with Gasteiger partial charge in [0, 0.05) is 24.2 Å². The minimum Gasteiger partial charge on any atom is -0.507 e. The number of anilines is 1. The Morgan fingerprint density at radius 2 is 1.94 bits per heavy atom. The topological polar surface area (TPSA) is 75.0 Å². The van der Waals surface area contributed by atoms with Crippen LogP contribution in [0.15, 0.2) is 41.7 Å². The maximum atomic E-state index is 15.7. The van der Waals surface area contributed by atoms with Crippen molar-refractivity contribution in [3.8, 4) is 28.3 Å². The van der Waals surface area contributed by atoms with Crippen LogP contribution in [0.25, 0.3) is 22.5 Å². The molecule has 4 rings (SSSR count). The summed E-state index contributed by atoms with van der Waals surface area (Å²) in [6.07, 6.45) is 9.43. The Kier molecular flexibility index (Phi) is 8.07. The predicted molar refractivity (Wildman–Crippen MR) is 140 cm³/mol. The molecule has 1 aliphatic rings. The Hall–Kier alpha value is -2.81. The van der Waals surface area contributed by atoms with Gasteiger partial charge in [-0.2, -0.15) is 0 Å². The molecule has 36 heavy (non-hydrogen) atoms. The van der Waals surface area contributed by atoms with Crippen molar-refractivity contribution in [3.63, 3.8) is 0 Å². The molecule has 3 atom stereocenters. The van der Waals surface area contributed by atoms with Crippen LogP contribution < -0.4 is 4.90 Å². The molecule has 2 aromatic heterocycles. The maximum Gasteiger partial charge on any atom is 0.185 e. The number of hydrogen-bond acceptors (Lipinski definition) is 7. The summed E-state index contributed by atoms with van der Waals surface area (Å²) in [5.74, 6) is 0.299. The van der Waals surface area contributed by atoms with Crippen LogP contribution in [0.4, 0.5) is 14.6 Å². The zero-order valence-corrected chi connectivity index (χ0v) is 22.0. The molecule has 0 unspecified atom stereocenters. The fourth-order valence-corrected chi connectivity index (χ4v) is 5.62. The molecule has 0 saturated heterocycles. The number of rotatable bonds is 7. The van der Waals surface area contributed by atoms with E-state index in [4.69, 9.17) is 0 Å². The minimum absolute atomic E-state index is 0.0484. The van der Waals surface area contributed by atoms with Gasteiger partial charge in [-0.1, -0.05) is 39.2 Å². The summed E-state index contributed by atoms with van der Waals surface area (Å²) in [7, 11) is 1.85. The first-order chi connectivity index (χ1) is 17.3. The Morgan fingerprint density at radius 3 is 2.58 bits per heavy atom. The molecule has 1 saturated carbocycles. The van der Waals surface area contributed by atoms with Crippen molar-refractivity contribution in [2.45, 2.75) is 69.6 Å². The van der Waals surface area contributed by atoms with E-state index in [2.05, 4.69) is 34.0 Å². The van der Waals surface area contributed by atoms with Gasteiger partial charge in [-0.3, -0.25) is 0 Å². The number of pyridine rings is 1. The normalized spacial score (nSPS) is 22.3. The highest BCUT2D eigenvalue weighted by Crippen LogP contribution is 2.42. The minimum atomic E-state index is -0.965. The third-order valence-electron chi connectivity index (χ3n) is 7.30. The van der Waals surface area contributed by atoms with Crippen LogP contribution >= 0.6 is 11.8 Å². The van der Waals surface area contributed by atoms with Gasteiger partial charge in [0.05, 0.1) is 17.8 Å². The quantitative estimate of drug-likeness (QED) is 0.279. The van der Waals surface area contributed by atoms with Crippen LogP contribution in [-0.4, -0.2) is 50.8 Å². The van der Waals surface area contributed by atoms with Crippen LogP contribution in [-0.2, 0) is 0 Å². The summed E-state index contributed by atoms with van der Waals surface area (Å²) in [6.45, 7) is 4.17. The van der Waals surface area contributed by atoms with E-state index in [1.807, 2.05) is 11.9 Å². The maximum absolute atomic E-state index is 15.7. The van der Waals surface area contributed by atoms with E-state index < -0.39 is 12.0 Å². The molecule has 0 spiro atoms. The summed E-state index contributed by atoms with van der Waals surface area (Å²) in [6, 6.07) is 6.06. The highest BCUT2D eigenvalue weighted by molar-refractivity contribution is 7.98. The number of nitrogens with zero attached hydrogens (tertiary/aromatic N) is 5. The highest BCUT2D eigenvalue weighted by Gasteiger charge is 2.42. The summed E-state index contributed by atoms with van der Waals surface area (Å²) in [4.78, 5) is 10.4. The SMILES string of the molecule is CCC[C@]1(C)CCCC[C@H](N(C)c2cnc(-c3ccc(-c4cnc(SC)c(F)c4)cc3O)nn2)[C@@H]1F. The van der Waals surface area contributed by atoms with Crippen molar-refractivity contribution in [3.05, 3.63) is 42.5 Å². The van der Waals surface area contributed by atoms with Gasteiger partial charge in [0.2, 0.25) is 0 Å². The van der Waals surface area contributed by atoms with Crippen molar-refractivity contribution in [2.75, 3.05) is 18.2 Å². The number of thioether (sulfide) groups is 1. The number of aromatic nitrogens is 4. The number of phenols is 1. The molecule has 1 aromatic carbocycles. The molecule has 0 amide bonds. The van der Waals surface area contributed by atoms with E-state index in [0.29, 0.717) is 27.5 Å². The van der Waals surface area contributed by atoms with Gasteiger partial charge in [-0.05, 0) is 49.3 Å². The number of halogens is 2. The Balaban J connectivity index is 1.54. The second-order valence-electron chi connectivity index (χ2n) is 9.82. The summed E-state index contributed by atoms with van der Waals surface area (Å²) in [5.41, 5.74) is 1.25. The molecular formula is C27H33F2N5OS. The third kappa shape index (κ3) is 5.31. The molecule has 9 heteroatoms. The standard InChI is InChI=1S/C27H33F2N5OS/c1-5-11-27(2)12-7-6-8-21(24(27)29)34(3)23-16-30-25(33-32-23)19-10-9-17(14-22(19)35)18-13-20(28)26(36-4)31-15-18/h9-10,13-16,21,24,35H,5-8,11-12H2,1-4H3/t21-,24-,27+/m0/s1. The van der Waals surface area contributed by atoms with Crippen molar-refractivity contribution in [1.82, 2.24) is 20.2 Å². The summed E-state index contributed by atoms with van der Waals surface area (Å²) >= 11 is 1.23. The zero-order chi connectivity index (χ0) is 25.9. The van der Waals surface area contributed by atoms with Gasteiger partial charge in [0.1, 0.15) is 16.9 Å². The number of alkyl halides is 1. The molecule has 1 fully saturated rings. The van der Waals surface area contributed by atoms with Crippen molar-refractivity contribution < 1.29 is 13.9 Å². The molecular weight excluding hydrogens is 480 g/mol. The van der Waals surface area contributed by atoms with E-state index in [1.165, 1.54) is 23.9 Å². The number of benzene rings is 1. The molecule has 1 N–H and O–H groups in total. The van der Waals surface area contributed by atoms with Gasteiger partial charge in [-0.25, -0.2) is 18.7 Å². The average Bonchev–Trinajstić information content (AvgIpc) is 3.02. The lowest BCUT2D eigenvalue weighted by atomic mass is 9.76. The van der Waals surface area contributed by atoms with Crippen LogP contribution in [0.5, 0.6) is 5.75 Å². The lowest BCUT2D eigenvalue weighted by Crippen LogP contribution is -2.46. The fraction of sp³-hybridized carbons (Fsp3) is 0.481. The average molecular weight is 514 g/mol. The lowest BCUT2D eigenvalue weighted by Gasteiger charge is -2.39. The second-order valence-corrected chi connectivity index (χ2v) is 10.6. The van der Waals surface area contributed by atoms with Crippen LogP contribution in [0, 0.1) is 11.2 Å². The molecule has 0 bridgehead atoms. The van der Waals surface area contributed by atoms with Gasteiger partial charge in [0.15, 0.2) is 17.5 Å². The second kappa shape index (κ2) is 11.1. The van der Waals surface area contributed by atoms with Crippen LogP contribution in [0.2, 0.25) is 0 Å². The van der Waals surface area contributed by atoms with Gasteiger partial charge >= 0.3 is 0 Å². The van der Waals surface area contributed by atoms with Crippen molar-refractivity contribution >= 4 is 17.6 Å². The molecule has 192 valence electrons. The first kappa shape index (κ1) is 26.3. The Bertz CT molecular complexity index is 1200. The predicted octanol–water partition coefficient (Wildman–Crippen LogP) is 6.69. The zero-order valence-electron chi connectivity index (χ0n) is 21.2. The molecule has 1 aliphatic carbocycles. The highest BCUT2D eigenvalue weighted by atomic mass is 32.2. The molecule has 6 nitrogen and oxygen atoms in total. The Morgan fingerprint density at radius 1 is 1.14 bits per heavy atom. The van der Waals surface area contributed by atoms with E-state index >= 15 is 4.39 Å². The largest absolute Gasteiger partial charge is 0.507 e. The summed E-state index contributed by atoms with van der Waals surface area (Å²) < 4.78 is 29.9. The van der Waals surface area contributed by atoms with E-state index in [1.54, 1.807) is 30.8 Å². The van der Waals surface area contributed by atoms with Crippen LogP contribution in [0.3, 0.4) is 0 Å². The molecule has 0 aliphatic heterocycles. The van der Waals surface area contributed by atoms with Gasteiger partial charge in [0.25, 0.3) is 0 Å². The van der Waals surface area contributed by atoms with E-state index in [-0.39, 0.29) is 23.0 Å². The number of phenolic OH excluding ortho intramolecular Hbond substituents is 1. The Labute approximate surface area is 215 Å². The van der Waals surface area contributed by atoms with Crippen molar-refractivity contribution in [1.29, 1.82) is 0 Å². The first-order valence-corrected chi connectivity index (χ1v) is 13.6. The smallest absolute Gasteiger partial charge is 0.185 e. The molecule has 0 radical (unpaired) electrons. The van der Waals surface area contributed by atoms with Gasteiger partial charge < -0.3 is 10.0 Å². The third-order valence-corrected chi connectivity index (χ3v) is 7.99. The first-order valence-electron chi connectivity index (χ1n) is 12.4. The summed E-state index contributed by atoms with van der Waals surface area (Å²) in [5, 5.41) is 19.5. The lowest BCUT2D eigenvalue weighted by molar-refractivity contribution is 0.0868. The monoisotopic (exact) mass is 513 g/mol. The molecule has 3 aromatic rings.